The zero-order valence-corrected chi connectivity index (χ0v) is 12.7. The number of nitrogens with one attached hydrogen (secondary N) is 1. The summed E-state index contributed by atoms with van der Waals surface area (Å²) < 4.78 is 0. The molecule has 1 aliphatic rings. The molecule has 2 heteroatoms. The molecular weight excluding hydrogens is 266 g/mol. The molecule has 3 rings (SSSR count). The van der Waals surface area contributed by atoms with E-state index < -0.39 is 0 Å². The van der Waals surface area contributed by atoms with Crippen molar-refractivity contribution in [1.82, 2.24) is 0 Å². The lowest BCUT2D eigenvalue weighted by Gasteiger charge is -2.38. The van der Waals surface area contributed by atoms with E-state index in [4.69, 9.17) is 11.6 Å². The molecule has 0 spiro atoms. The topological polar surface area (TPSA) is 12.0 Å². The van der Waals surface area contributed by atoms with Gasteiger partial charge in [0.25, 0.3) is 0 Å². The second-order valence-electron chi connectivity index (χ2n) is 5.78. The van der Waals surface area contributed by atoms with E-state index in [-0.39, 0.29) is 0 Å². The van der Waals surface area contributed by atoms with Gasteiger partial charge in [0.15, 0.2) is 0 Å². The van der Waals surface area contributed by atoms with E-state index in [9.17, 15) is 0 Å². The van der Waals surface area contributed by atoms with Crippen LogP contribution in [0.4, 0.5) is 5.69 Å². The number of anilines is 1. The molecule has 0 saturated heterocycles. The molecule has 20 heavy (non-hydrogen) atoms. The van der Waals surface area contributed by atoms with Crippen molar-refractivity contribution in [2.24, 2.45) is 0 Å². The molecular formula is C18H20ClN. The van der Waals surface area contributed by atoms with Crippen molar-refractivity contribution in [2.45, 2.75) is 38.6 Å². The maximum atomic E-state index is 6.16. The van der Waals surface area contributed by atoms with Crippen LogP contribution in [0, 0.1) is 13.8 Å². The van der Waals surface area contributed by atoms with Crippen molar-refractivity contribution in [3.63, 3.8) is 0 Å². The number of rotatable bonds is 3. The molecule has 1 N–H and O–H groups in total. The predicted molar refractivity (Wildman–Crippen MR) is 86.8 cm³/mol. The molecule has 1 fully saturated rings. The highest BCUT2D eigenvalue weighted by molar-refractivity contribution is 6.31. The fraction of sp³-hybridized carbons (Fsp3) is 0.333. The van der Waals surface area contributed by atoms with Crippen molar-refractivity contribution in [3.8, 4) is 0 Å². The number of hydrogen-bond acceptors (Lipinski definition) is 1. The third kappa shape index (κ3) is 2.55. The maximum absolute atomic E-state index is 6.16. The average molecular weight is 286 g/mol. The first kappa shape index (κ1) is 13.5. The molecule has 0 bridgehead atoms. The SMILES string of the molecule is Cc1ccccc1C1CC(Nc2cccc(Cl)c2C)C1. The van der Waals surface area contributed by atoms with Gasteiger partial charge >= 0.3 is 0 Å². The van der Waals surface area contributed by atoms with Crippen molar-refractivity contribution < 1.29 is 0 Å². The number of benzene rings is 2. The normalized spacial score (nSPS) is 21.4. The van der Waals surface area contributed by atoms with Gasteiger partial charge in [0, 0.05) is 16.8 Å². The Morgan fingerprint density at radius 3 is 2.50 bits per heavy atom. The Morgan fingerprint density at radius 2 is 1.75 bits per heavy atom. The van der Waals surface area contributed by atoms with E-state index >= 15 is 0 Å². The molecule has 0 aliphatic heterocycles. The summed E-state index contributed by atoms with van der Waals surface area (Å²) in [6, 6.07) is 15.4. The molecule has 2 aromatic rings. The van der Waals surface area contributed by atoms with Crippen LogP contribution in [-0.2, 0) is 0 Å². The van der Waals surface area contributed by atoms with Crippen molar-refractivity contribution in [2.75, 3.05) is 5.32 Å². The maximum Gasteiger partial charge on any atom is 0.0455 e. The first-order valence-corrected chi connectivity index (χ1v) is 7.60. The van der Waals surface area contributed by atoms with Gasteiger partial charge in [0.1, 0.15) is 0 Å². The highest BCUT2D eigenvalue weighted by Crippen LogP contribution is 2.40. The van der Waals surface area contributed by atoms with Gasteiger partial charge in [-0.3, -0.25) is 0 Å². The number of aryl methyl sites for hydroxylation is 1. The van der Waals surface area contributed by atoms with Crippen LogP contribution in [-0.4, -0.2) is 6.04 Å². The van der Waals surface area contributed by atoms with E-state index in [2.05, 4.69) is 49.5 Å². The summed E-state index contributed by atoms with van der Waals surface area (Å²) in [5, 5.41) is 4.46. The summed E-state index contributed by atoms with van der Waals surface area (Å²) in [7, 11) is 0. The highest BCUT2D eigenvalue weighted by atomic mass is 35.5. The Morgan fingerprint density at radius 1 is 1.00 bits per heavy atom. The van der Waals surface area contributed by atoms with Crippen LogP contribution in [0.2, 0.25) is 5.02 Å². The van der Waals surface area contributed by atoms with Gasteiger partial charge in [0.2, 0.25) is 0 Å². The summed E-state index contributed by atoms with van der Waals surface area (Å²) >= 11 is 6.16. The third-order valence-electron chi connectivity index (χ3n) is 4.39. The molecule has 0 heterocycles. The van der Waals surface area contributed by atoms with Crippen molar-refractivity contribution in [1.29, 1.82) is 0 Å². The lowest BCUT2D eigenvalue weighted by molar-refractivity contribution is 0.373. The summed E-state index contributed by atoms with van der Waals surface area (Å²) in [4.78, 5) is 0. The van der Waals surface area contributed by atoms with Gasteiger partial charge in [-0.25, -0.2) is 0 Å². The van der Waals surface area contributed by atoms with Crippen LogP contribution in [0.3, 0.4) is 0 Å². The van der Waals surface area contributed by atoms with Gasteiger partial charge in [-0.15, -0.1) is 0 Å². The van der Waals surface area contributed by atoms with Crippen LogP contribution in [0.25, 0.3) is 0 Å². The minimum atomic E-state index is 0.566. The lowest BCUT2D eigenvalue weighted by atomic mass is 9.74. The Bertz CT molecular complexity index is 615. The third-order valence-corrected chi connectivity index (χ3v) is 4.80. The standard InChI is InChI=1S/C18H20ClN/c1-12-6-3-4-7-16(12)14-10-15(11-14)20-18-9-5-8-17(19)13(18)2/h3-9,14-15,20H,10-11H2,1-2H3. The van der Waals surface area contributed by atoms with Gasteiger partial charge in [0.05, 0.1) is 0 Å². The summed E-state index contributed by atoms with van der Waals surface area (Å²) in [6.45, 7) is 4.28. The van der Waals surface area contributed by atoms with Crippen molar-refractivity contribution in [3.05, 3.63) is 64.2 Å². The van der Waals surface area contributed by atoms with Crippen LogP contribution in [0.5, 0.6) is 0 Å². The Labute approximate surface area is 126 Å². The second-order valence-corrected chi connectivity index (χ2v) is 6.19. The first-order chi connectivity index (χ1) is 9.65. The zero-order valence-electron chi connectivity index (χ0n) is 12.0. The monoisotopic (exact) mass is 285 g/mol. The molecule has 1 aliphatic carbocycles. The van der Waals surface area contributed by atoms with E-state index in [1.807, 2.05) is 12.1 Å². The van der Waals surface area contributed by atoms with E-state index in [0.29, 0.717) is 12.0 Å². The molecule has 0 atom stereocenters. The lowest BCUT2D eigenvalue weighted by Crippen LogP contribution is -2.34. The summed E-state index contributed by atoms with van der Waals surface area (Å²) in [5.41, 5.74) is 5.24. The molecule has 0 amide bonds. The van der Waals surface area contributed by atoms with Crippen LogP contribution in [0.15, 0.2) is 42.5 Å². The molecule has 0 unspecified atom stereocenters. The second kappa shape index (κ2) is 5.49. The molecule has 1 saturated carbocycles. The Hall–Kier alpha value is -1.47. The van der Waals surface area contributed by atoms with Crippen molar-refractivity contribution >= 4 is 17.3 Å². The number of hydrogen-bond donors (Lipinski definition) is 1. The Kier molecular flexibility index (Phi) is 3.71. The quantitative estimate of drug-likeness (QED) is 0.805. The molecule has 1 nitrogen and oxygen atoms in total. The fourth-order valence-corrected chi connectivity index (χ4v) is 3.19. The molecule has 2 aromatic carbocycles. The minimum Gasteiger partial charge on any atom is -0.382 e. The zero-order chi connectivity index (χ0) is 14.1. The van der Waals surface area contributed by atoms with Gasteiger partial charge in [-0.1, -0.05) is 41.9 Å². The van der Waals surface area contributed by atoms with Crippen LogP contribution >= 0.6 is 11.6 Å². The van der Waals surface area contributed by atoms with Crippen LogP contribution < -0.4 is 5.32 Å². The summed E-state index contributed by atoms with van der Waals surface area (Å²) in [6.07, 6.45) is 2.41. The average Bonchev–Trinajstić information content (AvgIpc) is 2.39. The first-order valence-electron chi connectivity index (χ1n) is 7.22. The van der Waals surface area contributed by atoms with Gasteiger partial charge in [-0.2, -0.15) is 0 Å². The predicted octanol–water partition coefficient (Wildman–Crippen LogP) is 5.31. The molecule has 0 radical (unpaired) electrons. The van der Waals surface area contributed by atoms with E-state index in [1.54, 1.807) is 0 Å². The fourth-order valence-electron chi connectivity index (χ4n) is 3.02. The van der Waals surface area contributed by atoms with Gasteiger partial charge in [-0.05, 0) is 61.4 Å². The van der Waals surface area contributed by atoms with E-state index in [1.165, 1.54) is 29.7 Å². The highest BCUT2D eigenvalue weighted by Gasteiger charge is 2.31. The van der Waals surface area contributed by atoms with Gasteiger partial charge < -0.3 is 5.32 Å². The number of halogens is 1. The smallest absolute Gasteiger partial charge is 0.0455 e. The minimum absolute atomic E-state index is 0.566. The van der Waals surface area contributed by atoms with E-state index in [0.717, 1.165) is 10.6 Å². The summed E-state index contributed by atoms with van der Waals surface area (Å²) in [5.74, 6) is 0.702. The Balaban J connectivity index is 1.64. The van der Waals surface area contributed by atoms with Crippen LogP contribution in [0.1, 0.15) is 35.4 Å². The molecule has 104 valence electrons. The molecule has 0 aromatic heterocycles. The largest absolute Gasteiger partial charge is 0.382 e.